The molecule has 0 spiro atoms. The second kappa shape index (κ2) is 5.63. The van der Waals surface area contributed by atoms with Gasteiger partial charge in [0.25, 0.3) is 0 Å². The van der Waals surface area contributed by atoms with Crippen LogP contribution in [0.2, 0.25) is 0 Å². The molecule has 1 aromatic carbocycles. The number of nitrogens with zero attached hydrogens (tertiary/aromatic N) is 2. The van der Waals surface area contributed by atoms with Crippen molar-refractivity contribution in [3.63, 3.8) is 0 Å². The number of ether oxygens (including phenoxy) is 1. The average Bonchev–Trinajstić information content (AvgIpc) is 2.89. The van der Waals surface area contributed by atoms with Crippen molar-refractivity contribution in [2.24, 2.45) is 0 Å². The highest BCUT2D eigenvalue weighted by molar-refractivity contribution is 5.75. The highest BCUT2D eigenvalue weighted by Gasteiger charge is 2.30. The molecule has 106 valence electrons. The molecule has 2 heterocycles. The van der Waals surface area contributed by atoms with E-state index in [0.717, 1.165) is 36.9 Å². The van der Waals surface area contributed by atoms with Gasteiger partial charge in [-0.2, -0.15) is 0 Å². The van der Waals surface area contributed by atoms with Crippen molar-refractivity contribution >= 4 is 17.1 Å². The van der Waals surface area contributed by atoms with Gasteiger partial charge in [-0.25, -0.2) is 4.98 Å². The molecular formula is C15H18N2O3. The van der Waals surface area contributed by atoms with Crippen LogP contribution >= 0.6 is 0 Å². The van der Waals surface area contributed by atoms with E-state index in [0.29, 0.717) is 12.4 Å². The first-order chi connectivity index (χ1) is 9.78. The van der Waals surface area contributed by atoms with Crippen molar-refractivity contribution < 1.29 is 13.9 Å². The van der Waals surface area contributed by atoms with Gasteiger partial charge < -0.3 is 9.15 Å². The van der Waals surface area contributed by atoms with E-state index < -0.39 is 0 Å². The number of carbonyl (C=O) groups excluding carboxylic acids is 1. The second-order valence-electron chi connectivity index (χ2n) is 5.08. The lowest BCUT2D eigenvalue weighted by molar-refractivity contribution is -0.148. The van der Waals surface area contributed by atoms with Crippen LogP contribution in [0.25, 0.3) is 11.1 Å². The van der Waals surface area contributed by atoms with Crippen LogP contribution in [-0.2, 0) is 16.1 Å². The Morgan fingerprint density at radius 2 is 2.30 bits per heavy atom. The Balaban J connectivity index is 1.79. The molecule has 5 nitrogen and oxygen atoms in total. The van der Waals surface area contributed by atoms with Gasteiger partial charge in [0.05, 0.1) is 13.7 Å². The van der Waals surface area contributed by atoms with Crippen LogP contribution in [0.4, 0.5) is 0 Å². The third kappa shape index (κ3) is 2.54. The minimum Gasteiger partial charge on any atom is -0.468 e. The monoisotopic (exact) mass is 274 g/mol. The van der Waals surface area contributed by atoms with Crippen molar-refractivity contribution in [3.05, 3.63) is 30.2 Å². The molecule has 0 unspecified atom stereocenters. The standard InChI is InChI=1S/C15H18N2O3/c1-19-15(18)12-7-4-5-9-17(12)10-14-16-11-6-2-3-8-13(11)20-14/h2-3,6,8,12H,4-5,7,9-10H2,1H3/t12-/m0/s1. The van der Waals surface area contributed by atoms with E-state index in [9.17, 15) is 4.79 Å². The maximum absolute atomic E-state index is 11.8. The lowest BCUT2D eigenvalue weighted by Crippen LogP contribution is -2.44. The zero-order valence-corrected chi connectivity index (χ0v) is 11.5. The average molecular weight is 274 g/mol. The highest BCUT2D eigenvalue weighted by atomic mass is 16.5. The van der Waals surface area contributed by atoms with Crippen LogP contribution in [0.15, 0.2) is 28.7 Å². The van der Waals surface area contributed by atoms with Gasteiger partial charge in [0.2, 0.25) is 5.89 Å². The van der Waals surface area contributed by atoms with Crippen LogP contribution < -0.4 is 0 Å². The number of piperidine rings is 1. The third-order valence-electron chi connectivity index (χ3n) is 3.76. The summed E-state index contributed by atoms with van der Waals surface area (Å²) >= 11 is 0. The van der Waals surface area contributed by atoms with Crippen LogP contribution in [0.1, 0.15) is 25.2 Å². The largest absolute Gasteiger partial charge is 0.468 e. The number of hydrogen-bond acceptors (Lipinski definition) is 5. The quantitative estimate of drug-likeness (QED) is 0.804. The fourth-order valence-corrected chi connectivity index (χ4v) is 2.74. The molecule has 20 heavy (non-hydrogen) atoms. The zero-order chi connectivity index (χ0) is 13.9. The van der Waals surface area contributed by atoms with Crippen molar-refractivity contribution in [3.8, 4) is 0 Å². The van der Waals surface area contributed by atoms with Crippen LogP contribution in [0, 0.1) is 0 Å². The molecule has 0 amide bonds. The molecule has 2 aromatic rings. The van der Waals surface area contributed by atoms with Gasteiger partial charge in [-0.1, -0.05) is 18.6 Å². The van der Waals surface area contributed by atoms with Crippen molar-refractivity contribution in [2.45, 2.75) is 31.8 Å². The van der Waals surface area contributed by atoms with E-state index in [2.05, 4.69) is 9.88 Å². The molecule has 0 aliphatic carbocycles. The molecule has 0 bridgehead atoms. The predicted molar refractivity (Wildman–Crippen MR) is 74.1 cm³/mol. The number of fused-ring (bicyclic) bond motifs is 1. The maximum atomic E-state index is 11.8. The summed E-state index contributed by atoms with van der Waals surface area (Å²) in [5.74, 6) is 0.489. The molecule has 1 fully saturated rings. The Hall–Kier alpha value is -1.88. The summed E-state index contributed by atoms with van der Waals surface area (Å²) in [5.41, 5.74) is 1.64. The summed E-state index contributed by atoms with van der Waals surface area (Å²) < 4.78 is 10.6. The molecule has 0 saturated carbocycles. The normalized spacial score (nSPS) is 20.1. The Morgan fingerprint density at radius 1 is 1.45 bits per heavy atom. The van der Waals surface area contributed by atoms with Crippen LogP contribution in [0.5, 0.6) is 0 Å². The van der Waals surface area contributed by atoms with E-state index in [1.54, 1.807) is 0 Å². The smallest absolute Gasteiger partial charge is 0.323 e. The van der Waals surface area contributed by atoms with Crippen LogP contribution in [0.3, 0.4) is 0 Å². The van der Waals surface area contributed by atoms with Gasteiger partial charge in [-0.15, -0.1) is 0 Å². The lowest BCUT2D eigenvalue weighted by atomic mass is 10.0. The Morgan fingerprint density at radius 3 is 3.10 bits per heavy atom. The summed E-state index contributed by atoms with van der Waals surface area (Å²) in [7, 11) is 1.44. The van der Waals surface area contributed by atoms with Gasteiger partial charge in [0.15, 0.2) is 5.58 Å². The minimum absolute atomic E-state index is 0.166. The Bertz CT molecular complexity index is 575. The molecule has 0 radical (unpaired) electrons. The first-order valence-electron chi connectivity index (χ1n) is 6.94. The van der Waals surface area contributed by atoms with Crippen molar-refractivity contribution in [1.29, 1.82) is 0 Å². The summed E-state index contributed by atoms with van der Waals surface area (Å²) in [5, 5.41) is 0. The second-order valence-corrected chi connectivity index (χ2v) is 5.08. The van der Waals surface area contributed by atoms with Gasteiger partial charge in [-0.3, -0.25) is 9.69 Å². The van der Waals surface area contributed by atoms with E-state index in [1.807, 2.05) is 24.3 Å². The van der Waals surface area contributed by atoms with Crippen molar-refractivity contribution in [2.75, 3.05) is 13.7 Å². The fraction of sp³-hybridized carbons (Fsp3) is 0.467. The molecule has 5 heteroatoms. The number of oxazole rings is 1. The number of methoxy groups -OCH3 is 1. The molecule has 1 atom stereocenters. The number of rotatable bonds is 3. The number of esters is 1. The number of hydrogen-bond donors (Lipinski definition) is 0. The summed E-state index contributed by atoms with van der Waals surface area (Å²) in [4.78, 5) is 18.4. The van der Waals surface area contributed by atoms with Crippen molar-refractivity contribution in [1.82, 2.24) is 9.88 Å². The molecule has 1 aliphatic rings. The van der Waals surface area contributed by atoms with E-state index >= 15 is 0 Å². The fourth-order valence-electron chi connectivity index (χ4n) is 2.74. The predicted octanol–water partition coefficient (Wildman–Crippen LogP) is 2.36. The summed E-state index contributed by atoms with van der Waals surface area (Å²) in [6, 6.07) is 7.52. The summed E-state index contributed by atoms with van der Waals surface area (Å²) in [6.07, 6.45) is 2.99. The van der Waals surface area contributed by atoms with E-state index in [-0.39, 0.29) is 12.0 Å². The lowest BCUT2D eigenvalue weighted by Gasteiger charge is -2.32. The minimum atomic E-state index is -0.177. The number of aromatic nitrogens is 1. The molecule has 3 rings (SSSR count). The molecule has 1 saturated heterocycles. The molecule has 1 aromatic heterocycles. The molecule has 1 aliphatic heterocycles. The van der Waals surface area contributed by atoms with Gasteiger partial charge >= 0.3 is 5.97 Å². The first kappa shape index (κ1) is 13.1. The van der Waals surface area contributed by atoms with Crippen LogP contribution in [-0.4, -0.2) is 35.5 Å². The Labute approximate surface area is 117 Å². The van der Waals surface area contributed by atoms with Gasteiger partial charge in [0, 0.05) is 0 Å². The first-order valence-corrected chi connectivity index (χ1v) is 6.94. The number of carbonyl (C=O) groups is 1. The van der Waals surface area contributed by atoms with Gasteiger partial charge in [-0.05, 0) is 31.5 Å². The number of likely N-dealkylation sites (tertiary alicyclic amines) is 1. The SMILES string of the molecule is COC(=O)[C@@H]1CCCCN1Cc1nc2ccccc2o1. The van der Waals surface area contributed by atoms with E-state index in [1.165, 1.54) is 7.11 Å². The molecular weight excluding hydrogens is 256 g/mol. The summed E-state index contributed by atoms with van der Waals surface area (Å²) in [6.45, 7) is 1.42. The van der Waals surface area contributed by atoms with E-state index in [4.69, 9.17) is 9.15 Å². The number of para-hydroxylation sites is 2. The zero-order valence-electron chi connectivity index (χ0n) is 11.5. The third-order valence-corrected chi connectivity index (χ3v) is 3.76. The maximum Gasteiger partial charge on any atom is 0.323 e. The topological polar surface area (TPSA) is 55.6 Å². The Kier molecular flexibility index (Phi) is 3.69. The highest BCUT2D eigenvalue weighted by Crippen LogP contribution is 2.22. The molecule has 0 N–H and O–H groups in total. The van der Waals surface area contributed by atoms with Gasteiger partial charge in [0.1, 0.15) is 11.6 Å². The number of benzene rings is 1.